The van der Waals surface area contributed by atoms with Gasteiger partial charge >= 0.3 is 0 Å². The molecule has 3 heterocycles. The van der Waals surface area contributed by atoms with Crippen molar-refractivity contribution in [3.05, 3.63) is 48.0 Å². The smallest absolute Gasteiger partial charge is 0.248 e. The quantitative estimate of drug-likeness (QED) is 0.750. The molecular formula is C17H20N6O2. The molecule has 1 aromatic carbocycles. The normalized spacial score (nSPS) is 15.5. The minimum absolute atomic E-state index is 0.360. The largest absolute Gasteiger partial charge is 0.384 e. The second kappa shape index (κ2) is 7.04. The first-order valence-electron chi connectivity index (χ1n) is 8.27. The molecule has 2 N–H and O–H groups in total. The van der Waals surface area contributed by atoms with Crippen LogP contribution in [0.5, 0.6) is 0 Å². The minimum Gasteiger partial charge on any atom is -0.384 e. The number of nitrogens with zero attached hydrogens (tertiary/aromatic N) is 5. The lowest BCUT2D eigenvalue weighted by atomic mass is 10.1. The zero-order chi connectivity index (χ0) is 17.1. The van der Waals surface area contributed by atoms with Gasteiger partial charge in [0.25, 0.3) is 0 Å². The molecule has 0 aliphatic carbocycles. The SMILES string of the molecule is Nc1ccnn1Cc1nc(-c2cccc(CN3CCOCC3)c2)no1. The summed E-state index contributed by atoms with van der Waals surface area (Å²) in [6.07, 6.45) is 1.64. The van der Waals surface area contributed by atoms with Crippen LogP contribution in [0.25, 0.3) is 11.4 Å². The van der Waals surface area contributed by atoms with Crippen LogP contribution >= 0.6 is 0 Å². The maximum atomic E-state index is 5.81. The number of hydrogen-bond acceptors (Lipinski definition) is 7. The predicted octanol–water partition coefficient (Wildman–Crippen LogP) is 1.40. The molecule has 8 nitrogen and oxygen atoms in total. The summed E-state index contributed by atoms with van der Waals surface area (Å²) < 4.78 is 12.3. The molecule has 1 saturated heterocycles. The maximum absolute atomic E-state index is 5.81. The number of nitrogen functional groups attached to an aromatic ring is 1. The topological polar surface area (TPSA) is 95.2 Å². The van der Waals surface area contributed by atoms with Crippen LogP contribution in [-0.4, -0.2) is 51.1 Å². The fourth-order valence-electron chi connectivity index (χ4n) is 2.87. The maximum Gasteiger partial charge on any atom is 0.248 e. The molecule has 0 saturated carbocycles. The Labute approximate surface area is 145 Å². The number of hydrogen-bond donors (Lipinski definition) is 1. The summed E-state index contributed by atoms with van der Waals surface area (Å²) in [7, 11) is 0. The van der Waals surface area contributed by atoms with Gasteiger partial charge in [0.05, 0.1) is 19.4 Å². The van der Waals surface area contributed by atoms with Gasteiger partial charge in [-0.25, -0.2) is 4.68 Å². The first kappa shape index (κ1) is 15.8. The van der Waals surface area contributed by atoms with Crippen molar-refractivity contribution in [1.29, 1.82) is 0 Å². The molecule has 1 aliphatic heterocycles. The van der Waals surface area contributed by atoms with Crippen LogP contribution in [0.2, 0.25) is 0 Å². The first-order valence-corrected chi connectivity index (χ1v) is 8.27. The highest BCUT2D eigenvalue weighted by Crippen LogP contribution is 2.19. The molecule has 1 fully saturated rings. The summed E-state index contributed by atoms with van der Waals surface area (Å²) in [5.41, 5.74) is 7.98. The van der Waals surface area contributed by atoms with Gasteiger partial charge in [0, 0.05) is 25.2 Å². The van der Waals surface area contributed by atoms with Crippen LogP contribution in [0.15, 0.2) is 41.1 Å². The second-order valence-corrected chi connectivity index (χ2v) is 6.01. The molecule has 0 unspecified atom stereocenters. The monoisotopic (exact) mass is 340 g/mol. The Hall–Kier alpha value is -2.71. The molecule has 0 radical (unpaired) electrons. The fraction of sp³-hybridized carbons (Fsp3) is 0.353. The molecule has 3 aromatic rings. The fourth-order valence-corrected chi connectivity index (χ4v) is 2.87. The van der Waals surface area contributed by atoms with E-state index in [4.69, 9.17) is 15.0 Å². The highest BCUT2D eigenvalue weighted by molar-refractivity contribution is 5.55. The third-order valence-electron chi connectivity index (χ3n) is 4.20. The van der Waals surface area contributed by atoms with Crippen LogP contribution in [0, 0.1) is 0 Å². The van der Waals surface area contributed by atoms with E-state index < -0.39 is 0 Å². The molecule has 1 aliphatic rings. The number of benzene rings is 1. The number of nitrogens with two attached hydrogens (primary N) is 1. The lowest BCUT2D eigenvalue weighted by Gasteiger charge is -2.26. The van der Waals surface area contributed by atoms with Crippen molar-refractivity contribution in [2.75, 3.05) is 32.0 Å². The number of anilines is 1. The van der Waals surface area contributed by atoms with Crippen molar-refractivity contribution >= 4 is 5.82 Å². The predicted molar refractivity (Wildman–Crippen MR) is 91.6 cm³/mol. The zero-order valence-corrected chi connectivity index (χ0v) is 13.8. The van der Waals surface area contributed by atoms with E-state index in [1.54, 1.807) is 16.9 Å². The molecule has 0 amide bonds. The summed E-state index contributed by atoms with van der Waals surface area (Å²) in [5.74, 6) is 1.61. The van der Waals surface area contributed by atoms with Gasteiger partial charge in [-0.05, 0) is 17.7 Å². The Bertz CT molecular complexity index is 837. The van der Waals surface area contributed by atoms with Gasteiger partial charge in [-0.15, -0.1) is 0 Å². The Balaban J connectivity index is 1.48. The van der Waals surface area contributed by atoms with Crippen molar-refractivity contribution in [3.8, 4) is 11.4 Å². The lowest BCUT2D eigenvalue weighted by Crippen LogP contribution is -2.35. The van der Waals surface area contributed by atoms with Gasteiger partial charge in [0.1, 0.15) is 12.4 Å². The van der Waals surface area contributed by atoms with E-state index >= 15 is 0 Å². The lowest BCUT2D eigenvalue weighted by molar-refractivity contribution is 0.0342. The van der Waals surface area contributed by atoms with Crippen LogP contribution in [0.1, 0.15) is 11.5 Å². The molecule has 4 rings (SSSR count). The van der Waals surface area contributed by atoms with Gasteiger partial charge < -0.3 is 15.0 Å². The Morgan fingerprint density at radius 3 is 2.80 bits per heavy atom. The summed E-state index contributed by atoms with van der Waals surface area (Å²) >= 11 is 0. The second-order valence-electron chi connectivity index (χ2n) is 6.01. The van der Waals surface area contributed by atoms with Gasteiger partial charge in [-0.2, -0.15) is 10.1 Å². The summed E-state index contributed by atoms with van der Waals surface area (Å²) in [6, 6.07) is 9.95. The molecule has 2 aromatic heterocycles. The number of aromatic nitrogens is 4. The Morgan fingerprint density at radius 1 is 1.12 bits per heavy atom. The standard InChI is InChI=1S/C17H20N6O2/c18-15-4-5-19-23(15)12-16-20-17(21-25-16)14-3-1-2-13(10-14)11-22-6-8-24-9-7-22/h1-5,10H,6-9,11-12,18H2. The average molecular weight is 340 g/mol. The zero-order valence-electron chi connectivity index (χ0n) is 13.8. The number of morpholine rings is 1. The van der Waals surface area contributed by atoms with E-state index in [0.717, 1.165) is 38.4 Å². The highest BCUT2D eigenvalue weighted by atomic mass is 16.5. The van der Waals surface area contributed by atoms with Gasteiger partial charge in [-0.1, -0.05) is 23.4 Å². The van der Waals surface area contributed by atoms with E-state index in [1.807, 2.05) is 12.1 Å². The van der Waals surface area contributed by atoms with Gasteiger partial charge in [0.15, 0.2) is 0 Å². The van der Waals surface area contributed by atoms with E-state index in [9.17, 15) is 0 Å². The third kappa shape index (κ3) is 3.70. The van der Waals surface area contributed by atoms with Crippen LogP contribution in [0.3, 0.4) is 0 Å². The molecule has 25 heavy (non-hydrogen) atoms. The van der Waals surface area contributed by atoms with Crippen molar-refractivity contribution in [3.63, 3.8) is 0 Å². The molecular weight excluding hydrogens is 320 g/mol. The van der Waals surface area contributed by atoms with Crippen LogP contribution in [-0.2, 0) is 17.8 Å². The summed E-state index contributed by atoms with van der Waals surface area (Å²) in [6.45, 7) is 4.77. The summed E-state index contributed by atoms with van der Waals surface area (Å²) in [4.78, 5) is 6.84. The molecule has 8 heteroatoms. The minimum atomic E-state index is 0.360. The van der Waals surface area contributed by atoms with Crippen LogP contribution < -0.4 is 5.73 Å². The van der Waals surface area contributed by atoms with Crippen molar-refractivity contribution in [2.45, 2.75) is 13.1 Å². The van der Waals surface area contributed by atoms with E-state index in [2.05, 4.69) is 32.3 Å². The Morgan fingerprint density at radius 2 is 2.00 bits per heavy atom. The molecule has 0 atom stereocenters. The van der Waals surface area contributed by atoms with Gasteiger partial charge in [-0.3, -0.25) is 4.90 Å². The molecule has 0 spiro atoms. The average Bonchev–Trinajstić information content (AvgIpc) is 3.26. The first-order chi connectivity index (χ1) is 12.3. The molecule has 0 bridgehead atoms. The number of rotatable bonds is 5. The van der Waals surface area contributed by atoms with Gasteiger partial charge in [0.2, 0.25) is 11.7 Å². The Kier molecular flexibility index (Phi) is 4.45. The van der Waals surface area contributed by atoms with E-state index in [0.29, 0.717) is 24.1 Å². The van der Waals surface area contributed by atoms with E-state index in [-0.39, 0.29) is 0 Å². The van der Waals surface area contributed by atoms with Crippen LogP contribution in [0.4, 0.5) is 5.82 Å². The highest BCUT2D eigenvalue weighted by Gasteiger charge is 2.13. The van der Waals surface area contributed by atoms with Crippen molar-refractivity contribution < 1.29 is 9.26 Å². The van der Waals surface area contributed by atoms with Crippen molar-refractivity contribution in [2.24, 2.45) is 0 Å². The third-order valence-corrected chi connectivity index (χ3v) is 4.20. The van der Waals surface area contributed by atoms with E-state index in [1.165, 1.54) is 5.56 Å². The summed E-state index contributed by atoms with van der Waals surface area (Å²) in [5, 5.41) is 8.20. The van der Waals surface area contributed by atoms with Crippen molar-refractivity contribution in [1.82, 2.24) is 24.8 Å². The molecule has 130 valence electrons. The number of ether oxygens (including phenoxy) is 1.